The summed E-state index contributed by atoms with van der Waals surface area (Å²) >= 11 is 8.77. The Hall–Kier alpha value is -0.380. The van der Waals surface area contributed by atoms with E-state index in [9.17, 15) is 4.39 Å². The lowest BCUT2D eigenvalue weighted by Gasteiger charge is -2.00. The normalized spacial score (nSPS) is 11.1. The largest absolute Gasteiger partial charge is 0.392 e. The van der Waals surface area contributed by atoms with Crippen molar-refractivity contribution in [3.05, 3.63) is 39.1 Å². The topological polar surface area (TPSA) is 20.2 Å². The minimum Gasteiger partial charge on any atom is -0.392 e. The SMILES string of the molecule is OC/C=C/c1cc(F)c(Cl)cc1Br. The molecule has 0 aliphatic carbocycles. The zero-order valence-electron chi connectivity index (χ0n) is 6.60. The second-order valence-electron chi connectivity index (χ2n) is 2.37. The second-order valence-corrected chi connectivity index (χ2v) is 3.63. The van der Waals surface area contributed by atoms with Crippen LogP contribution in [0.2, 0.25) is 5.02 Å². The average Bonchev–Trinajstić information content (AvgIpc) is 2.09. The molecule has 0 saturated carbocycles. The van der Waals surface area contributed by atoms with Gasteiger partial charge in [0.2, 0.25) is 0 Å². The van der Waals surface area contributed by atoms with Crippen molar-refractivity contribution < 1.29 is 9.50 Å². The Balaban J connectivity index is 3.08. The van der Waals surface area contributed by atoms with Crippen LogP contribution in [0.25, 0.3) is 6.08 Å². The van der Waals surface area contributed by atoms with Crippen LogP contribution in [0.15, 0.2) is 22.7 Å². The predicted octanol–water partition coefficient (Wildman–Crippen LogP) is 3.25. The van der Waals surface area contributed by atoms with Crippen LogP contribution in [0, 0.1) is 5.82 Å². The standard InChI is InChI=1S/C9H7BrClFO/c10-7-5-8(11)9(12)4-6(7)2-1-3-13/h1-2,4-5,13H,3H2/b2-1+. The smallest absolute Gasteiger partial charge is 0.142 e. The van der Waals surface area contributed by atoms with Crippen molar-refractivity contribution in [2.75, 3.05) is 6.61 Å². The maximum Gasteiger partial charge on any atom is 0.142 e. The number of hydrogen-bond donors (Lipinski definition) is 1. The molecule has 13 heavy (non-hydrogen) atoms. The van der Waals surface area contributed by atoms with Crippen LogP contribution in [-0.4, -0.2) is 11.7 Å². The van der Waals surface area contributed by atoms with Gasteiger partial charge in [-0.15, -0.1) is 0 Å². The van der Waals surface area contributed by atoms with E-state index in [0.717, 1.165) is 0 Å². The summed E-state index contributed by atoms with van der Waals surface area (Å²) in [6, 6.07) is 2.78. The van der Waals surface area contributed by atoms with Gasteiger partial charge in [0.05, 0.1) is 11.6 Å². The number of aliphatic hydroxyl groups excluding tert-OH is 1. The van der Waals surface area contributed by atoms with E-state index in [0.29, 0.717) is 10.0 Å². The highest BCUT2D eigenvalue weighted by atomic mass is 79.9. The van der Waals surface area contributed by atoms with Gasteiger partial charge >= 0.3 is 0 Å². The van der Waals surface area contributed by atoms with Gasteiger partial charge in [-0.25, -0.2) is 4.39 Å². The Morgan fingerprint density at radius 1 is 1.54 bits per heavy atom. The lowest BCUT2D eigenvalue weighted by atomic mass is 10.2. The highest BCUT2D eigenvalue weighted by molar-refractivity contribution is 9.10. The molecule has 0 amide bonds. The van der Waals surface area contributed by atoms with Crippen LogP contribution in [-0.2, 0) is 0 Å². The Morgan fingerprint density at radius 3 is 2.85 bits per heavy atom. The van der Waals surface area contributed by atoms with Crippen LogP contribution in [0.4, 0.5) is 4.39 Å². The molecule has 70 valence electrons. The number of halogens is 3. The summed E-state index contributed by atoms with van der Waals surface area (Å²) in [5, 5.41) is 8.60. The van der Waals surface area contributed by atoms with Gasteiger partial charge in [-0.3, -0.25) is 0 Å². The molecular weight excluding hydrogens is 258 g/mol. The summed E-state index contributed by atoms with van der Waals surface area (Å²) in [4.78, 5) is 0. The van der Waals surface area contributed by atoms with Gasteiger partial charge in [0, 0.05) is 4.47 Å². The summed E-state index contributed by atoms with van der Waals surface area (Å²) in [7, 11) is 0. The highest BCUT2D eigenvalue weighted by Gasteiger charge is 2.03. The molecule has 0 aromatic heterocycles. The minimum atomic E-state index is -0.470. The summed E-state index contributed by atoms with van der Waals surface area (Å²) in [6.45, 7) is -0.0727. The molecule has 0 aliphatic rings. The number of hydrogen-bond acceptors (Lipinski definition) is 1. The Morgan fingerprint density at radius 2 is 2.23 bits per heavy atom. The Kier molecular flexibility index (Phi) is 3.90. The lowest BCUT2D eigenvalue weighted by molar-refractivity contribution is 0.343. The molecule has 1 aromatic rings. The minimum absolute atomic E-state index is 0.0727. The third-order valence-corrected chi connectivity index (χ3v) is 2.42. The molecule has 0 fully saturated rings. The van der Waals surface area contributed by atoms with Gasteiger partial charge in [0.25, 0.3) is 0 Å². The molecule has 0 saturated heterocycles. The number of benzene rings is 1. The summed E-state index contributed by atoms with van der Waals surface area (Å²) in [5.74, 6) is -0.470. The van der Waals surface area contributed by atoms with Gasteiger partial charge in [0.15, 0.2) is 0 Å². The number of aliphatic hydroxyl groups is 1. The van der Waals surface area contributed by atoms with Crippen LogP contribution < -0.4 is 0 Å². The van der Waals surface area contributed by atoms with Crippen molar-refractivity contribution in [3.63, 3.8) is 0 Å². The first kappa shape index (κ1) is 10.7. The van der Waals surface area contributed by atoms with Crippen molar-refractivity contribution in [1.82, 2.24) is 0 Å². The molecule has 1 aromatic carbocycles. The summed E-state index contributed by atoms with van der Waals surface area (Å²) in [5.41, 5.74) is 0.649. The third kappa shape index (κ3) is 2.79. The first-order valence-corrected chi connectivity index (χ1v) is 4.74. The fraction of sp³-hybridized carbons (Fsp3) is 0.111. The van der Waals surface area contributed by atoms with E-state index >= 15 is 0 Å². The molecular formula is C9H7BrClFO. The van der Waals surface area contributed by atoms with Gasteiger partial charge in [0.1, 0.15) is 5.82 Å². The van der Waals surface area contributed by atoms with Crippen molar-refractivity contribution >= 4 is 33.6 Å². The second kappa shape index (κ2) is 4.74. The zero-order chi connectivity index (χ0) is 9.84. The molecule has 0 spiro atoms. The fourth-order valence-electron chi connectivity index (χ4n) is 0.845. The van der Waals surface area contributed by atoms with Crippen LogP contribution in [0.3, 0.4) is 0 Å². The molecule has 0 radical (unpaired) electrons. The maximum atomic E-state index is 12.9. The molecule has 1 N–H and O–H groups in total. The molecule has 0 atom stereocenters. The fourth-order valence-corrected chi connectivity index (χ4v) is 1.62. The molecule has 1 nitrogen and oxygen atoms in total. The van der Waals surface area contributed by atoms with E-state index < -0.39 is 5.82 Å². The maximum absolute atomic E-state index is 12.9. The number of rotatable bonds is 2. The zero-order valence-corrected chi connectivity index (χ0v) is 8.94. The van der Waals surface area contributed by atoms with Crippen molar-refractivity contribution in [2.24, 2.45) is 0 Å². The molecule has 0 unspecified atom stereocenters. The van der Waals surface area contributed by atoms with Crippen molar-refractivity contribution in [1.29, 1.82) is 0 Å². The Labute approximate surface area is 89.0 Å². The van der Waals surface area contributed by atoms with E-state index in [2.05, 4.69) is 15.9 Å². The molecule has 0 bridgehead atoms. The van der Waals surface area contributed by atoms with Gasteiger partial charge in [-0.2, -0.15) is 0 Å². The van der Waals surface area contributed by atoms with Crippen LogP contribution in [0.1, 0.15) is 5.56 Å². The summed E-state index contributed by atoms with van der Waals surface area (Å²) < 4.78 is 13.6. The molecule has 4 heteroatoms. The predicted molar refractivity (Wildman–Crippen MR) is 55.2 cm³/mol. The first-order chi connectivity index (χ1) is 6.15. The van der Waals surface area contributed by atoms with E-state index in [4.69, 9.17) is 16.7 Å². The Bertz CT molecular complexity index is 339. The van der Waals surface area contributed by atoms with E-state index in [1.54, 1.807) is 6.08 Å². The van der Waals surface area contributed by atoms with E-state index in [1.165, 1.54) is 18.2 Å². The first-order valence-electron chi connectivity index (χ1n) is 3.57. The van der Waals surface area contributed by atoms with E-state index in [1.807, 2.05) is 0 Å². The van der Waals surface area contributed by atoms with Gasteiger partial charge in [-0.05, 0) is 17.7 Å². The van der Waals surface area contributed by atoms with E-state index in [-0.39, 0.29) is 11.6 Å². The lowest BCUT2D eigenvalue weighted by Crippen LogP contribution is -1.82. The highest BCUT2D eigenvalue weighted by Crippen LogP contribution is 2.25. The monoisotopic (exact) mass is 264 g/mol. The molecule has 0 heterocycles. The van der Waals surface area contributed by atoms with Gasteiger partial charge in [-0.1, -0.05) is 39.7 Å². The third-order valence-electron chi connectivity index (χ3n) is 1.44. The van der Waals surface area contributed by atoms with Gasteiger partial charge < -0.3 is 5.11 Å². The van der Waals surface area contributed by atoms with Crippen LogP contribution in [0.5, 0.6) is 0 Å². The van der Waals surface area contributed by atoms with Crippen molar-refractivity contribution in [3.8, 4) is 0 Å². The molecule has 0 aliphatic heterocycles. The summed E-state index contributed by atoms with van der Waals surface area (Å²) in [6.07, 6.45) is 3.14. The van der Waals surface area contributed by atoms with Crippen LogP contribution >= 0.6 is 27.5 Å². The average molecular weight is 266 g/mol. The quantitative estimate of drug-likeness (QED) is 0.814. The molecule has 1 rings (SSSR count). The van der Waals surface area contributed by atoms with Crippen molar-refractivity contribution in [2.45, 2.75) is 0 Å².